The monoisotopic (exact) mass is 228 g/mol. The summed E-state index contributed by atoms with van der Waals surface area (Å²) in [4.78, 5) is 11.7. The first-order valence-electron chi connectivity index (χ1n) is 5.96. The zero-order chi connectivity index (χ0) is 12.6. The first-order valence-corrected chi connectivity index (χ1v) is 5.96. The lowest BCUT2D eigenvalue weighted by molar-refractivity contribution is -0.139. The molecule has 0 aliphatic rings. The largest absolute Gasteiger partial charge is 0.463 e. The Balaban J connectivity index is 4.68. The molecule has 0 saturated carbocycles. The molecular formula is C13H24O3. The molecular weight excluding hydrogens is 204 g/mol. The van der Waals surface area contributed by atoms with E-state index >= 15 is 0 Å². The van der Waals surface area contributed by atoms with Crippen molar-refractivity contribution < 1.29 is 14.3 Å². The second-order valence-electron chi connectivity index (χ2n) is 4.21. The summed E-state index contributed by atoms with van der Waals surface area (Å²) in [5, 5.41) is 0. The lowest BCUT2D eigenvalue weighted by Gasteiger charge is -2.13. The molecule has 0 aliphatic carbocycles. The van der Waals surface area contributed by atoms with Crippen molar-refractivity contribution in [2.75, 3.05) is 19.8 Å². The van der Waals surface area contributed by atoms with E-state index in [0.29, 0.717) is 31.3 Å². The van der Waals surface area contributed by atoms with Gasteiger partial charge < -0.3 is 9.47 Å². The van der Waals surface area contributed by atoms with Crippen molar-refractivity contribution in [3.63, 3.8) is 0 Å². The molecule has 3 nitrogen and oxygen atoms in total. The highest BCUT2D eigenvalue weighted by Gasteiger charge is 2.14. The van der Waals surface area contributed by atoms with Crippen LogP contribution in [0, 0.1) is 5.92 Å². The Kier molecular flexibility index (Phi) is 7.90. The SMILES string of the molecule is CCOCC(C(=O)OCC)=C(C)CC(C)C. The second kappa shape index (κ2) is 8.34. The summed E-state index contributed by atoms with van der Waals surface area (Å²) in [5.41, 5.74) is 1.75. The van der Waals surface area contributed by atoms with E-state index in [-0.39, 0.29) is 5.97 Å². The average Bonchev–Trinajstić information content (AvgIpc) is 2.17. The molecule has 0 aromatic rings. The number of esters is 1. The molecule has 0 rings (SSSR count). The zero-order valence-corrected chi connectivity index (χ0v) is 11.1. The van der Waals surface area contributed by atoms with E-state index in [9.17, 15) is 4.79 Å². The van der Waals surface area contributed by atoms with Crippen LogP contribution >= 0.6 is 0 Å². The molecule has 0 spiro atoms. The Morgan fingerprint density at radius 1 is 1.19 bits per heavy atom. The number of carbonyl (C=O) groups is 1. The standard InChI is InChI=1S/C13H24O3/c1-6-15-9-12(13(14)16-7-2)11(5)8-10(3)4/h10H,6-9H2,1-5H3. The molecule has 0 aliphatic heterocycles. The van der Waals surface area contributed by atoms with Crippen LogP contribution in [0.2, 0.25) is 0 Å². The third kappa shape index (κ3) is 5.91. The van der Waals surface area contributed by atoms with Crippen LogP contribution in [0.3, 0.4) is 0 Å². The van der Waals surface area contributed by atoms with E-state index in [1.165, 1.54) is 0 Å². The molecule has 0 unspecified atom stereocenters. The lowest BCUT2D eigenvalue weighted by Crippen LogP contribution is -2.15. The Labute approximate surface area is 98.8 Å². The number of carbonyl (C=O) groups excluding carboxylic acids is 1. The van der Waals surface area contributed by atoms with Crippen LogP contribution in [0.25, 0.3) is 0 Å². The van der Waals surface area contributed by atoms with Crippen LogP contribution in [-0.4, -0.2) is 25.8 Å². The molecule has 0 amide bonds. The average molecular weight is 228 g/mol. The number of hydrogen-bond acceptors (Lipinski definition) is 3. The molecule has 3 heteroatoms. The van der Waals surface area contributed by atoms with Crippen molar-refractivity contribution in [3.05, 3.63) is 11.1 Å². The predicted molar refractivity (Wildman–Crippen MR) is 65.3 cm³/mol. The number of allylic oxidation sites excluding steroid dienone is 1. The second-order valence-corrected chi connectivity index (χ2v) is 4.21. The minimum Gasteiger partial charge on any atom is -0.463 e. The molecule has 0 N–H and O–H groups in total. The number of rotatable bonds is 7. The van der Waals surface area contributed by atoms with Gasteiger partial charge >= 0.3 is 5.97 Å². The van der Waals surface area contributed by atoms with Gasteiger partial charge in [0.05, 0.1) is 18.8 Å². The van der Waals surface area contributed by atoms with Crippen molar-refractivity contribution in [2.24, 2.45) is 5.92 Å². The van der Waals surface area contributed by atoms with E-state index in [4.69, 9.17) is 9.47 Å². The van der Waals surface area contributed by atoms with E-state index in [0.717, 1.165) is 12.0 Å². The van der Waals surface area contributed by atoms with Crippen LogP contribution in [-0.2, 0) is 14.3 Å². The van der Waals surface area contributed by atoms with E-state index in [1.54, 1.807) is 0 Å². The highest BCUT2D eigenvalue weighted by atomic mass is 16.5. The topological polar surface area (TPSA) is 35.5 Å². The van der Waals surface area contributed by atoms with Gasteiger partial charge in [0.1, 0.15) is 0 Å². The van der Waals surface area contributed by atoms with Crippen LogP contribution in [0.5, 0.6) is 0 Å². The van der Waals surface area contributed by atoms with Crippen molar-refractivity contribution in [1.82, 2.24) is 0 Å². The quantitative estimate of drug-likeness (QED) is 0.496. The molecule has 0 saturated heterocycles. The summed E-state index contributed by atoms with van der Waals surface area (Å²) in [6, 6.07) is 0. The van der Waals surface area contributed by atoms with Gasteiger partial charge in [0.2, 0.25) is 0 Å². The molecule has 16 heavy (non-hydrogen) atoms. The Hall–Kier alpha value is -0.830. The minimum atomic E-state index is -0.242. The first kappa shape index (κ1) is 15.2. The maximum absolute atomic E-state index is 11.7. The van der Waals surface area contributed by atoms with Crippen molar-refractivity contribution in [3.8, 4) is 0 Å². The van der Waals surface area contributed by atoms with Gasteiger partial charge in [-0.25, -0.2) is 4.79 Å². The molecule has 0 atom stereocenters. The molecule has 0 aromatic carbocycles. The van der Waals surface area contributed by atoms with Gasteiger partial charge in [-0.2, -0.15) is 0 Å². The van der Waals surface area contributed by atoms with Crippen LogP contribution in [0.15, 0.2) is 11.1 Å². The van der Waals surface area contributed by atoms with Crippen molar-refractivity contribution >= 4 is 5.97 Å². The highest BCUT2D eigenvalue weighted by molar-refractivity contribution is 5.89. The fourth-order valence-corrected chi connectivity index (χ4v) is 1.51. The van der Waals surface area contributed by atoms with Crippen LogP contribution in [0.1, 0.15) is 41.0 Å². The van der Waals surface area contributed by atoms with E-state index < -0.39 is 0 Å². The molecule has 0 radical (unpaired) electrons. The molecule has 94 valence electrons. The minimum absolute atomic E-state index is 0.242. The van der Waals surface area contributed by atoms with Crippen molar-refractivity contribution in [1.29, 1.82) is 0 Å². The summed E-state index contributed by atoms with van der Waals surface area (Å²) in [6.07, 6.45) is 0.904. The molecule has 0 fully saturated rings. The Morgan fingerprint density at radius 2 is 1.81 bits per heavy atom. The van der Waals surface area contributed by atoms with Crippen molar-refractivity contribution in [2.45, 2.75) is 41.0 Å². The summed E-state index contributed by atoms with van der Waals surface area (Å²) < 4.78 is 10.3. The van der Waals surface area contributed by atoms with Crippen LogP contribution in [0.4, 0.5) is 0 Å². The first-order chi connectivity index (χ1) is 7.52. The Bertz CT molecular complexity index is 242. The van der Waals surface area contributed by atoms with Gasteiger partial charge in [0, 0.05) is 6.61 Å². The van der Waals surface area contributed by atoms with E-state index in [1.807, 2.05) is 20.8 Å². The third-order valence-electron chi connectivity index (χ3n) is 2.20. The number of hydrogen-bond donors (Lipinski definition) is 0. The summed E-state index contributed by atoms with van der Waals surface area (Å²) in [6.45, 7) is 11.3. The number of ether oxygens (including phenoxy) is 2. The maximum atomic E-state index is 11.7. The predicted octanol–water partition coefficient (Wildman–Crippen LogP) is 2.95. The van der Waals surface area contributed by atoms with Gasteiger partial charge in [-0.3, -0.25) is 0 Å². The smallest absolute Gasteiger partial charge is 0.336 e. The molecule has 0 bridgehead atoms. The van der Waals surface area contributed by atoms with Crippen LogP contribution < -0.4 is 0 Å². The summed E-state index contributed by atoms with van der Waals surface area (Å²) >= 11 is 0. The summed E-state index contributed by atoms with van der Waals surface area (Å²) in [7, 11) is 0. The van der Waals surface area contributed by atoms with Gasteiger partial charge in [-0.1, -0.05) is 19.4 Å². The van der Waals surface area contributed by atoms with Gasteiger partial charge in [0.15, 0.2) is 0 Å². The van der Waals surface area contributed by atoms with Gasteiger partial charge in [-0.15, -0.1) is 0 Å². The lowest BCUT2D eigenvalue weighted by atomic mass is 10.00. The molecule has 0 heterocycles. The van der Waals surface area contributed by atoms with E-state index in [2.05, 4.69) is 13.8 Å². The normalized spacial score (nSPS) is 12.6. The van der Waals surface area contributed by atoms with Gasteiger partial charge in [0.25, 0.3) is 0 Å². The zero-order valence-electron chi connectivity index (χ0n) is 11.1. The highest BCUT2D eigenvalue weighted by Crippen LogP contribution is 2.16. The molecule has 0 aromatic heterocycles. The maximum Gasteiger partial charge on any atom is 0.336 e. The van der Waals surface area contributed by atoms with Gasteiger partial charge in [-0.05, 0) is 33.1 Å². The third-order valence-corrected chi connectivity index (χ3v) is 2.20. The fourth-order valence-electron chi connectivity index (χ4n) is 1.51. The Morgan fingerprint density at radius 3 is 2.25 bits per heavy atom. The summed E-state index contributed by atoms with van der Waals surface area (Å²) in [5.74, 6) is 0.292. The fraction of sp³-hybridized carbons (Fsp3) is 0.769.